The average Bonchev–Trinajstić information content (AvgIpc) is 2.34. The molecule has 0 aliphatic carbocycles. The lowest BCUT2D eigenvalue weighted by molar-refractivity contribution is -0.121. The quantitative estimate of drug-likeness (QED) is 0.765. The second kappa shape index (κ2) is 7.74. The number of pyridine rings is 1. The Bertz CT molecular complexity index is 454. The van der Waals surface area contributed by atoms with Crippen LogP contribution in [0.15, 0.2) is 29.2 Å². The van der Waals surface area contributed by atoms with Crippen LogP contribution in [-0.4, -0.2) is 28.2 Å². The molecular weight excluding hydrogens is 244 g/mol. The Labute approximate surface area is 113 Å². The number of hydrogen-bond acceptors (Lipinski definition) is 3. The molecule has 1 rings (SSSR count). The van der Waals surface area contributed by atoms with Crippen LogP contribution in [0.25, 0.3) is 0 Å². The van der Waals surface area contributed by atoms with Crippen molar-refractivity contribution in [1.29, 1.82) is 0 Å². The summed E-state index contributed by atoms with van der Waals surface area (Å²) >= 11 is 0. The largest absolute Gasteiger partial charge is 0.391 e. The van der Waals surface area contributed by atoms with Gasteiger partial charge in [-0.3, -0.25) is 9.59 Å². The van der Waals surface area contributed by atoms with Crippen molar-refractivity contribution in [2.24, 2.45) is 5.92 Å². The summed E-state index contributed by atoms with van der Waals surface area (Å²) in [5, 5.41) is 12.3. The fourth-order valence-electron chi connectivity index (χ4n) is 1.81. The van der Waals surface area contributed by atoms with E-state index >= 15 is 0 Å². The number of carbonyl (C=O) groups excluding carboxylic acids is 1. The number of aliphatic hydroxyl groups is 1. The van der Waals surface area contributed by atoms with Gasteiger partial charge in [0.15, 0.2) is 0 Å². The van der Waals surface area contributed by atoms with Crippen molar-refractivity contribution >= 4 is 5.91 Å². The third-order valence-electron chi connectivity index (χ3n) is 2.76. The van der Waals surface area contributed by atoms with Crippen molar-refractivity contribution in [3.63, 3.8) is 0 Å². The van der Waals surface area contributed by atoms with Gasteiger partial charge in [-0.2, -0.15) is 0 Å². The van der Waals surface area contributed by atoms with Gasteiger partial charge in [-0.05, 0) is 18.4 Å². The number of amides is 1. The molecule has 0 aromatic carbocycles. The molecule has 5 heteroatoms. The molecule has 0 spiro atoms. The molecule has 0 fully saturated rings. The Morgan fingerprint density at radius 2 is 2.16 bits per heavy atom. The molecule has 1 amide bonds. The van der Waals surface area contributed by atoms with Gasteiger partial charge in [0, 0.05) is 31.8 Å². The van der Waals surface area contributed by atoms with Crippen molar-refractivity contribution in [1.82, 2.24) is 9.88 Å². The zero-order chi connectivity index (χ0) is 14.3. The fraction of sp³-hybridized carbons (Fsp3) is 0.571. The van der Waals surface area contributed by atoms with Gasteiger partial charge < -0.3 is 15.0 Å². The van der Waals surface area contributed by atoms with Gasteiger partial charge in [-0.25, -0.2) is 0 Å². The molecule has 0 radical (unpaired) electrons. The van der Waals surface area contributed by atoms with Crippen LogP contribution < -0.4 is 10.9 Å². The van der Waals surface area contributed by atoms with Crippen LogP contribution >= 0.6 is 0 Å². The summed E-state index contributed by atoms with van der Waals surface area (Å²) < 4.78 is 1.49. The number of nitrogens with one attached hydrogen (secondary N) is 1. The molecular formula is C14H22N2O3. The van der Waals surface area contributed by atoms with E-state index in [-0.39, 0.29) is 24.4 Å². The smallest absolute Gasteiger partial charge is 0.250 e. The van der Waals surface area contributed by atoms with Crippen LogP contribution in [0, 0.1) is 5.92 Å². The Balaban J connectivity index is 2.29. The van der Waals surface area contributed by atoms with E-state index in [0.29, 0.717) is 18.9 Å². The minimum Gasteiger partial charge on any atom is -0.391 e. The molecule has 1 heterocycles. The van der Waals surface area contributed by atoms with E-state index in [0.717, 1.165) is 0 Å². The molecule has 0 saturated heterocycles. The first-order valence-corrected chi connectivity index (χ1v) is 6.59. The van der Waals surface area contributed by atoms with Gasteiger partial charge in [0.1, 0.15) is 0 Å². The Kier molecular flexibility index (Phi) is 6.29. The van der Waals surface area contributed by atoms with E-state index in [1.54, 1.807) is 18.3 Å². The molecule has 2 N–H and O–H groups in total. The normalized spacial score (nSPS) is 12.4. The van der Waals surface area contributed by atoms with Crippen molar-refractivity contribution in [3.8, 4) is 0 Å². The highest BCUT2D eigenvalue weighted by molar-refractivity contribution is 5.75. The lowest BCUT2D eigenvalue weighted by Crippen LogP contribution is -2.33. The van der Waals surface area contributed by atoms with E-state index in [1.165, 1.54) is 10.6 Å². The van der Waals surface area contributed by atoms with E-state index in [9.17, 15) is 14.7 Å². The predicted octanol–water partition coefficient (Wildman–Crippen LogP) is 0.762. The topological polar surface area (TPSA) is 71.3 Å². The van der Waals surface area contributed by atoms with Gasteiger partial charge in [0.2, 0.25) is 5.91 Å². The summed E-state index contributed by atoms with van der Waals surface area (Å²) in [6, 6.07) is 4.89. The molecule has 5 nitrogen and oxygen atoms in total. The van der Waals surface area contributed by atoms with E-state index < -0.39 is 6.10 Å². The molecule has 19 heavy (non-hydrogen) atoms. The monoisotopic (exact) mass is 266 g/mol. The highest BCUT2D eigenvalue weighted by Gasteiger charge is 2.09. The van der Waals surface area contributed by atoms with E-state index in [2.05, 4.69) is 5.32 Å². The number of aliphatic hydroxyl groups excluding tert-OH is 1. The van der Waals surface area contributed by atoms with Gasteiger partial charge >= 0.3 is 0 Å². The summed E-state index contributed by atoms with van der Waals surface area (Å²) in [4.78, 5) is 23.0. The molecule has 1 unspecified atom stereocenters. The molecule has 0 aliphatic rings. The first-order valence-electron chi connectivity index (χ1n) is 6.59. The third kappa shape index (κ3) is 6.20. The molecule has 1 aromatic heterocycles. The number of hydrogen-bond donors (Lipinski definition) is 2. The highest BCUT2D eigenvalue weighted by Crippen LogP contribution is 2.03. The Hall–Kier alpha value is -1.62. The van der Waals surface area contributed by atoms with Crippen LogP contribution in [0.1, 0.15) is 26.7 Å². The predicted molar refractivity (Wildman–Crippen MR) is 73.8 cm³/mol. The van der Waals surface area contributed by atoms with Crippen molar-refractivity contribution < 1.29 is 9.90 Å². The van der Waals surface area contributed by atoms with Gasteiger partial charge in [0.05, 0.1) is 6.10 Å². The average molecular weight is 266 g/mol. The molecule has 1 aromatic rings. The van der Waals surface area contributed by atoms with Crippen molar-refractivity contribution in [2.75, 3.05) is 6.54 Å². The van der Waals surface area contributed by atoms with Crippen molar-refractivity contribution in [2.45, 2.75) is 39.3 Å². The standard InChI is InChI=1S/C14H22N2O3/c1-11(2)9-12(17)10-15-13(18)6-8-16-7-4-3-5-14(16)19/h3-5,7,11-12,17H,6,8-10H2,1-2H3,(H,15,18). The third-order valence-corrected chi connectivity index (χ3v) is 2.76. The summed E-state index contributed by atoms with van der Waals surface area (Å²) in [6.45, 7) is 4.66. The highest BCUT2D eigenvalue weighted by atomic mass is 16.3. The molecule has 0 saturated carbocycles. The Morgan fingerprint density at radius 1 is 1.42 bits per heavy atom. The lowest BCUT2D eigenvalue weighted by atomic mass is 10.1. The molecule has 0 bridgehead atoms. The summed E-state index contributed by atoms with van der Waals surface area (Å²) in [5.41, 5.74) is -0.116. The van der Waals surface area contributed by atoms with Crippen LogP contribution in [0.4, 0.5) is 0 Å². The lowest BCUT2D eigenvalue weighted by Gasteiger charge is -2.14. The molecule has 0 aliphatic heterocycles. The summed E-state index contributed by atoms with van der Waals surface area (Å²) in [6.07, 6.45) is 2.04. The zero-order valence-electron chi connectivity index (χ0n) is 11.5. The van der Waals surface area contributed by atoms with Crippen LogP contribution in [0.5, 0.6) is 0 Å². The van der Waals surface area contributed by atoms with Gasteiger partial charge in [0.25, 0.3) is 5.56 Å². The second-order valence-electron chi connectivity index (χ2n) is 5.07. The number of nitrogens with zero attached hydrogens (tertiary/aromatic N) is 1. The van der Waals surface area contributed by atoms with Crippen LogP contribution in [-0.2, 0) is 11.3 Å². The van der Waals surface area contributed by atoms with Gasteiger partial charge in [-0.15, -0.1) is 0 Å². The SMILES string of the molecule is CC(C)CC(O)CNC(=O)CCn1ccccc1=O. The zero-order valence-corrected chi connectivity index (χ0v) is 11.5. The summed E-state index contributed by atoms with van der Waals surface area (Å²) in [7, 11) is 0. The minimum absolute atomic E-state index is 0.116. The van der Waals surface area contributed by atoms with Gasteiger partial charge in [-0.1, -0.05) is 19.9 Å². The number of aryl methyl sites for hydroxylation is 1. The number of aromatic nitrogens is 1. The number of rotatable bonds is 7. The summed E-state index contributed by atoms with van der Waals surface area (Å²) in [5.74, 6) is 0.244. The molecule has 1 atom stereocenters. The number of carbonyl (C=O) groups is 1. The molecule has 106 valence electrons. The second-order valence-corrected chi connectivity index (χ2v) is 5.07. The first-order chi connectivity index (χ1) is 8.99. The minimum atomic E-state index is -0.511. The maximum absolute atomic E-state index is 11.6. The Morgan fingerprint density at radius 3 is 2.79 bits per heavy atom. The van der Waals surface area contributed by atoms with Crippen molar-refractivity contribution in [3.05, 3.63) is 34.7 Å². The maximum atomic E-state index is 11.6. The first kappa shape index (κ1) is 15.4. The van der Waals surface area contributed by atoms with E-state index in [4.69, 9.17) is 0 Å². The van der Waals surface area contributed by atoms with Crippen LogP contribution in [0.3, 0.4) is 0 Å². The van der Waals surface area contributed by atoms with Crippen LogP contribution in [0.2, 0.25) is 0 Å². The maximum Gasteiger partial charge on any atom is 0.250 e. The van der Waals surface area contributed by atoms with E-state index in [1.807, 2.05) is 13.8 Å². The fourth-order valence-corrected chi connectivity index (χ4v) is 1.81.